The minimum Gasteiger partial charge on any atom is -0.546 e. The van der Waals surface area contributed by atoms with Gasteiger partial charge in [0.25, 0.3) is 0 Å². The molecule has 14 heavy (non-hydrogen) atoms. The van der Waals surface area contributed by atoms with Crippen molar-refractivity contribution >= 4 is 5.97 Å². The lowest BCUT2D eigenvalue weighted by atomic mass is 10.1. The SMILES string of the molecule is Cc1cc(C)cc(O[C@H](C)C(=O)[O-])c1. The van der Waals surface area contributed by atoms with Gasteiger partial charge in [-0.25, -0.2) is 0 Å². The summed E-state index contributed by atoms with van der Waals surface area (Å²) >= 11 is 0. The summed E-state index contributed by atoms with van der Waals surface area (Å²) in [6.07, 6.45) is -0.920. The van der Waals surface area contributed by atoms with Crippen LogP contribution in [0.15, 0.2) is 18.2 Å². The van der Waals surface area contributed by atoms with Crippen molar-refractivity contribution in [3.63, 3.8) is 0 Å². The molecular weight excluding hydrogens is 180 g/mol. The van der Waals surface area contributed by atoms with E-state index in [1.165, 1.54) is 6.92 Å². The van der Waals surface area contributed by atoms with E-state index >= 15 is 0 Å². The zero-order valence-electron chi connectivity index (χ0n) is 8.53. The number of hydrogen-bond donors (Lipinski definition) is 0. The van der Waals surface area contributed by atoms with Gasteiger partial charge in [0.05, 0.1) is 5.97 Å². The number of carbonyl (C=O) groups is 1. The predicted octanol–water partition coefficient (Wildman–Crippen LogP) is 0.821. The normalized spacial score (nSPS) is 12.2. The molecule has 0 aliphatic rings. The molecule has 0 radical (unpaired) electrons. The van der Waals surface area contributed by atoms with Crippen molar-refractivity contribution in [2.24, 2.45) is 0 Å². The van der Waals surface area contributed by atoms with E-state index in [9.17, 15) is 9.90 Å². The highest BCUT2D eigenvalue weighted by atomic mass is 16.5. The number of benzene rings is 1. The molecule has 76 valence electrons. The topological polar surface area (TPSA) is 49.4 Å². The van der Waals surface area contributed by atoms with Gasteiger partial charge in [-0.2, -0.15) is 0 Å². The van der Waals surface area contributed by atoms with Gasteiger partial charge >= 0.3 is 0 Å². The van der Waals surface area contributed by atoms with Crippen LogP contribution in [0.3, 0.4) is 0 Å². The van der Waals surface area contributed by atoms with Crippen molar-refractivity contribution in [1.29, 1.82) is 0 Å². The third-order valence-corrected chi connectivity index (χ3v) is 1.84. The zero-order valence-corrected chi connectivity index (χ0v) is 8.53. The molecule has 0 bridgehead atoms. The quantitative estimate of drug-likeness (QED) is 0.714. The minimum atomic E-state index is -1.20. The van der Waals surface area contributed by atoms with E-state index in [-0.39, 0.29) is 0 Å². The summed E-state index contributed by atoms with van der Waals surface area (Å²) in [6, 6.07) is 5.59. The molecular formula is C11H13O3-. The molecule has 0 unspecified atom stereocenters. The van der Waals surface area contributed by atoms with Gasteiger partial charge in [-0.05, 0) is 44.0 Å². The first-order valence-electron chi connectivity index (χ1n) is 4.45. The Kier molecular flexibility index (Phi) is 3.12. The lowest BCUT2D eigenvalue weighted by Gasteiger charge is -2.16. The Morgan fingerprint density at radius 3 is 2.21 bits per heavy atom. The third-order valence-electron chi connectivity index (χ3n) is 1.84. The zero-order chi connectivity index (χ0) is 10.7. The van der Waals surface area contributed by atoms with Crippen LogP contribution in [-0.2, 0) is 4.79 Å². The van der Waals surface area contributed by atoms with Crippen molar-refractivity contribution in [2.45, 2.75) is 26.9 Å². The van der Waals surface area contributed by atoms with Crippen molar-refractivity contribution in [3.8, 4) is 5.75 Å². The van der Waals surface area contributed by atoms with Gasteiger partial charge in [0.15, 0.2) is 0 Å². The van der Waals surface area contributed by atoms with Crippen molar-refractivity contribution in [3.05, 3.63) is 29.3 Å². The largest absolute Gasteiger partial charge is 0.546 e. The second-order valence-electron chi connectivity index (χ2n) is 3.40. The Hall–Kier alpha value is -1.51. The summed E-state index contributed by atoms with van der Waals surface area (Å²) in [7, 11) is 0. The average molecular weight is 193 g/mol. The number of aliphatic carboxylic acids is 1. The highest BCUT2D eigenvalue weighted by Gasteiger charge is 2.04. The molecule has 0 spiro atoms. The summed E-state index contributed by atoms with van der Waals surface area (Å²) in [5.74, 6) is -0.636. The Balaban J connectivity index is 2.81. The van der Waals surface area contributed by atoms with Gasteiger partial charge < -0.3 is 14.6 Å². The number of aryl methyl sites for hydroxylation is 2. The van der Waals surface area contributed by atoms with E-state index in [0.717, 1.165) is 11.1 Å². The molecule has 0 aliphatic carbocycles. The Morgan fingerprint density at radius 1 is 1.29 bits per heavy atom. The minimum absolute atomic E-state index is 0.569. The maximum Gasteiger partial charge on any atom is 0.135 e. The summed E-state index contributed by atoms with van der Waals surface area (Å²) in [6.45, 7) is 5.32. The number of rotatable bonds is 3. The second kappa shape index (κ2) is 4.13. The molecule has 0 saturated heterocycles. The van der Waals surface area contributed by atoms with Crippen LogP contribution in [0.1, 0.15) is 18.1 Å². The fourth-order valence-corrected chi connectivity index (χ4v) is 1.25. The molecule has 1 aromatic carbocycles. The lowest BCUT2D eigenvalue weighted by molar-refractivity contribution is -0.312. The lowest BCUT2D eigenvalue weighted by Crippen LogP contribution is -2.37. The smallest absolute Gasteiger partial charge is 0.135 e. The van der Waals surface area contributed by atoms with Gasteiger partial charge in [-0.15, -0.1) is 0 Å². The van der Waals surface area contributed by atoms with Crippen molar-refractivity contribution < 1.29 is 14.6 Å². The van der Waals surface area contributed by atoms with Crippen LogP contribution in [0.5, 0.6) is 5.75 Å². The first-order chi connectivity index (χ1) is 6.49. The third kappa shape index (κ3) is 2.76. The summed E-state index contributed by atoms with van der Waals surface area (Å²) in [5, 5.41) is 10.4. The van der Waals surface area contributed by atoms with Crippen LogP contribution < -0.4 is 9.84 Å². The highest BCUT2D eigenvalue weighted by Crippen LogP contribution is 2.17. The first-order valence-corrected chi connectivity index (χ1v) is 4.45. The Bertz CT molecular complexity index is 324. The van der Waals surface area contributed by atoms with Crippen LogP contribution in [0.2, 0.25) is 0 Å². The van der Waals surface area contributed by atoms with Gasteiger partial charge in [-0.3, -0.25) is 0 Å². The predicted molar refractivity (Wildman–Crippen MR) is 51.0 cm³/mol. The van der Waals surface area contributed by atoms with Gasteiger partial charge in [-0.1, -0.05) is 6.07 Å². The van der Waals surface area contributed by atoms with E-state index in [1.54, 1.807) is 12.1 Å². The number of carboxylic acid groups (broad SMARTS) is 1. The number of carbonyl (C=O) groups excluding carboxylic acids is 1. The number of hydrogen-bond acceptors (Lipinski definition) is 3. The van der Waals surface area contributed by atoms with Crippen LogP contribution in [0.25, 0.3) is 0 Å². The molecule has 1 atom stereocenters. The molecule has 0 heterocycles. The van der Waals surface area contributed by atoms with E-state index in [1.807, 2.05) is 19.9 Å². The van der Waals surface area contributed by atoms with E-state index in [2.05, 4.69) is 0 Å². The number of ether oxygens (including phenoxy) is 1. The molecule has 1 rings (SSSR count). The van der Waals surface area contributed by atoms with E-state index in [0.29, 0.717) is 5.75 Å². The molecule has 3 nitrogen and oxygen atoms in total. The van der Waals surface area contributed by atoms with Crippen LogP contribution in [0, 0.1) is 13.8 Å². The van der Waals surface area contributed by atoms with Gasteiger partial charge in [0, 0.05) is 0 Å². The maximum absolute atomic E-state index is 10.4. The molecule has 3 heteroatoms. The average Bonchev–Trinajstić information content (AvgIpc) is 2.01. The molecule has 0 fully saturated rings. The molecule has 0 amide bonds. The van der Waals surface area contributed by atoms with Crippen LogP contribution in [-0.4, -0.2) is 12.1 Å². The summed E-state index contributed by atoms with van der Waals surface area (Å²) in [5.41, 5.74) is 2.09. The summed E-state index contributed by atoms with van der Waals surface area (Å²) < 4.78 is 5.18. The molecule has 1 aromatic rings. The van der Waals surface area contributed by atoms with Crippen molar-refractivity contribution in [1.82, 2.24) is 0 Å². The fourth-order valence-electron chi connectivity index (χ4n) is 1.25. The van der Waals surface area contributed by atoms with Gasteiger partial charge in [0.2, 0.25) is 0 Å². The highest BCUT2D eigenvalue weighted by molar-refractivity contribution is 5.69. The van der Waals surface area contributed by atoms with Crippen molar-refractivity contribution in [2.75, 3.05) is 0 Å². The second-order valence-corrected chi connectivity index (χ2v) is 3.40. The van der Waals surface area contributed by atoms with Gasteiger partial charge in [0.1, 0.15) is 11.9 Å². The Morgan fingerprint density at radius 2 is 1.79 bits per heavy atom. The molecule has 0 N–H and O–H groups in total. The first kappa shape index (κ1) is 10.6. The Labute approximate surface area is 83.3 Å². The number of carboxylic acids is 1. The summed E-state index contributed by atoms with van der Waals surface area (Å²) in [4.78, 5) is 10.4. The molecule has 0 aromatic heterocycles. The fraction of sp³-hybridized carbons (Fsp3) is 0.364. The molecule has 0 aliphatic heterocycles. The standard InChI is InChI=1S/C11H14O3/c1-7-4-8(2)6-10(5-7)14-9(3)11(12)13/h4-6,9H,1-3H3,(H,12,13)/p-1/t9-/m1/s1. The van der Waals surface area contributed by atoms with E-state index < -0.39 is 12.1 Å². The van der Waals surface area contributed by atoms with Crippen LogP contribution in [0.4, 0.5) is 0 Å². The van der Waals surface area contributed by atoms with E-state index in [4.69, 9.17) is 4.74 Å². The van der Waals surface area contributed by atoms with Crippen LogP contribution >= 0.6 is 0 Å². The molecule has 0 saturated carbocycles. The maximum atomic E-state index is 10.4. The monoisotopic (exact) mass is 193 g/mol.